The number of rotatable bonds is 2. The summed E-state index contributed by atoms with van der Waals surface area (Å²) in [4.78, 5) is 16.2. The van der Waals surface area contributed by atoms with Gasteiger partial charge in [-0.15, -0.1) is 0 Å². The Kier molecular flexibility index (Phi) is 2.52. The van der Waals surface area contributed by atoms with Crippen LogP contribution in [-0.2, 0) is 0 Å². The maximum Gasteiger partial charge on any atom is 0.279 e. The third-order valence-corrected chi connectivity index (χ3v) is 2.66. The van der Waals surface area contributed by atoms with Gasteiger partial charge in [0.1, 0.15) is 5.76 Å². The number of hydrogen-bond acceptors (Lipinski definition) is 5. The molecule has 19 heavy (non-hydrogen) atoms. The first-order valence-electron chi connectivity index (χ1n) is 5.70. The minimum atomic E-state index is -0.370. The predicted octanol–water partition coefficient (Wildman–Crippen LogP) is 1.82. The maximum atomic E-state index is 11.9. The van der Waals surface area contributed by atoms with E-state index in [1.54, 1.807) is 13.0 Å². The number of aromatic amines is 1. The summed E-state index contributed by atoms with van der Waals surface area (Å²) in [5.41, 5.74) is 1.72. The summed E-state index contributed by atoms with van der Waals surface area (Å²) in [7, 11) is 0. The molecular formula is C12H11N5O2. The van der Waals surface area contributed by atoms with Crippen molar-refractivity contribution in [2.45, 2.75) is 13.8 Å². The first-order valence-corrected chi connectivity index (χ1v) is 5.70. The molecule has 0 unspecified atom stereocenters. The molecule has 3 aromatic rings. The van der Waals surface area contributed by atoms with Crippen molar-refractivity contribution in [2.75, 3.05) is 5.32 Å². The molecule has 3 heterocycles. The number of fused-ring (bicyclic) bond motifs is 1. The quantitative estimate of drug-likeness (QED) is 0.729. The Bertz CT molecular complexity index is 758. The van der Waals surface area contributed by atoms with Crippen LogP contribution < -0.4 is 5.32 Å². The SMILES string of the molecule is Cc1ccc2c(NC(=O)c3cc(C)on3)n[nH]c2n1. The standard InChI is InChI=1S/C12H11N5O2/c1-6-3-4-8-10(13-6)15-16-11(8)14-12(18)9-5-7(2)19-17-9/h3-5H,1-2H3,(H2,13,14,15,16,18). The maximum absolute atomic E-state index is 11.9. The van der Waals surface area contributed by atoms with Gasteiger partial charge in [-0.1, -0.05) is 5.16 Å². The Hall–Kier alpha value is -2.70. The van der Waals surface area contributed by atoms with Crippen LogP contribution in [0.3, 0.4) is 0 Å². The van der Waals surface area contributed by atoms with E-state index in [0.717, 1.165) is 11.1 Å². The molecule has 3 aromatic heterocycles. The van der Waals surface area contributed by atoms with E-state index in [1.807, 2.05) is 19.1 Å². The van der Waals surface area contributed by atoms with Gasteiger partial charge in [0.05, 0.1) is 5.39 Å². The van der Waals surface area contributed by atoms with E-state index in [9.17, 15) is 4.79 Å². The number of carbonyl (C=O) groups excluding carboxylic acids is 1. The largest absolute Gasteiger partial charge is 0.361 e. The summed E-state index contributed by atoms with van der Waals surface area (Å²) < 4.78 is 4.86. The van der Waals surface area contributed by atoms with Gasteiger partial charge in [-0.25, -0.2) is 4.98 Å². The minimum absolute atomic E-state index is 0.216. The first-order chi connectivity index (χ1) is 9.13. The fraction of sp³-hybridized carbons (Fsp3) is 0.167. The molecule has 0 aliphatic carbocycles. The molecule has 3 rings (SSSR count). The summed E-state index contributed by atoms with van der Waals surface area (Å²) in [6.07, 6.45) is 0. The Labute approximate surface area is 108 Å². The molecule has 2 N–H and O–H groups in total. The van der Waals surface area contributed by atoms with Crippen LogP contribution in [-0.4, -0.2) is 26.2 Å². The zero-order valence-electron chi connectivity index (χ0n) is 10.4. The highest BCUT2D eigenvalue weighted by molar-refractivity contribution is 6.06. The van der Waals surface area contributed by atoms with Gasteiger partial charge >= 0.3 is 0 Å². The van der Waals surface area contributed by atoms with Gasteiger partial charge in [0.15, 0.2) is 17.2 Å². The average molecular weight is 257 g/mol. The molecule has 0 aliphatic heterocycles. The lowest BCUT2D eigenvalue weighted by Gasteiger charge is -1.98. The van der Waals surface area contributed by atoms with Crippen molar-refractivity contribution < 1.29 is 9.32 Å². The first kappa shape index (κ1) is 11.4. The second-order valence-electron chi connectivity index (χ2n) is 4.20. The Morgan fingerprint density at radius 2 is 2.21 bits per heavy atom. The van der Waals surface area contributed by atoms with E-state index in [1.165, 1.54) is 0 Å². The molecule has 0 radical (unpaired) electrons. The number of amides is 1. The number of hydrogen-bond donors (Lipinski definition) is 2. The lowest BCUT2D eigenvalue weighted by atomic mass is 10.3. The van der Waals surface area contributed by atoms with Crippen molar-refractivity contribution >= 4 is 22.8 Å². The van der Waals surface area contributed by atoms with Gasteiger partial charge in [0.2, 0.25) is 0 Å². The summed E-state index contributed by atoms with van der Waals surface area (Å²) in [6.45, 7) is 3.61. The van der Waals surface area contributed by atoms with E-state index in [0.29, 0.717) is 17.2 Å². The molecule has 0 saturated heterocycles. The molecule has 0 fully saturated rings. The van der Waals surface area contributed by atoms with Crippen LogP contribution in [0.4, 0.5) is 5.82 Å². The van der Waals surface area contributed by atoms with Crippen LogP contribution in [0.5, 0.6) is 0 Å². The van der Waals surface area contributed by atoms with Crippen LogP contribution >= 0.6 is 0 Å². The van der Waals surface area contributed by atoms with E-state index < -0.39 is 0 Å². The lowest BCUT2D eigenvalue weighted by molar-refractivity contribution is 0.101. The molecule has 0 aliphatic rings. The lowest BCUT2D eigenvalue weighted by Crippen LogP contribution is -2.12. The molecule has 0 aromatic carbocycles. The fourth-order valence-corrected chi connectivity index (χ4v) is 1.74. The molecular weight excluding hydrogens is 246 g/mol. The van der Waals surface area contributed by atoms with Gasteiger partial charge in [-0.05, 0) is 26.0 Å². The third-order valence-electron chi connectivity index (χ3n) is 2.66. The highest BCUT2D eigenvalue weighted by Gasteiger charge is 2.14. The number of carbonyl (C=O) groups is 1. The number of pyridine rings is 1. The van der Waals surface area contributed by atoms with Crippen molar-refractivity contribution in [1.29, 1.82) is 0 Å². The van der Waals surface area contributed by atoms with Crippen molar-refractivity contribution in [1.82, 2.24) is 20.3 Å². The van der Waals surface area contributed by atoms with Crippen LogP contribution in [0.15, 0.2) is 22.7 Å². The summed E-state index contributed by atoms with van der Waals surface area (Å²) >= 11 is 0. The number of aromatic nitrogens is 4. The molecule has 0 bridgehead atoms. The van der Waals surface area contributed by atoms with Crippen molar-refractivity contribution in [3.05, 3.63) is 35.3 Å². The third kappa shape index (κ3) is 2.05. The minimum Gasteiger partial charge on any atom is -0.361 e. The summed E-state index contributed by atoms with van der Waals surface area (Å²) in [5, 5.41) is 13.9. The van der Waals surface area contributed by atoms with Crippen molar-refractivity contribution in [3.63, 3.8) is 0 Å². The summed E-state index contributed by atoms with van der Waals surface area (Å²) in [6, 6.07) is 5.27. The molecule has 7 nitrogen and oxygen atoms in total. The van der Waals surface area contributed by atoms with Crippen molar-refractivity contribution in [2.24, 2.45) is 0 Å². The van der Waals surface area contributed by atoms with Gasteiger partial charge in [-0.2, -0.15) is 5.10 Å². The second kappa shape index (κ2) is 4.20. The summed E-state index contributed by atoms with van der Waals surface area (Å²) in [5.74, 6) is 0.633. The smallest absolute Gasteiger partial charge is 0.279 e. The number of aryl methyl sites for hydroxylation is 2. The molecule has 0 spiro atoms. The van der Waals surface area contributed by atoms with Gasteiger partial charge in [0.25, 0.3) is 5.91 Å². The highest BCUT2D eigenvalue weighted by atomic mass is 16.5. The van der Waals surface area contributed by atoms with E-state index in [4.69, 9.17) is 4.52 Å². The van der Waals surface area contributed by atoms with Gasteiger partial charge in [-0.3, -0.25) is 9.89 Å². The normalized spacial score (nSPS) is 10.8. The number of anilines is 1. The topological polar surface area (TPSA) is 96.7 Å². The Morgan fingerprint density at radius 3 is 2.95 bits per heavy atom. The zero-order valence-corrected chi connectivity index (χ0v) is 10.4. The number of nitrogens with zero attached hydrogens (tertiary/aromatic N) is 3. The zero-order chi connectivity index (χ0) is 13.4. The Balaban J connectivity index is 1.91. The fourth-order valence-electron chi connectivity index (χ4n) is 1.74. The molecule has 1 amide bonds. The monoisotopic (exact) mass is 257 g/mol. The van der Waals surface area contributed by atoms with E-state index >= 15 is 0 Å². The highest BCUT2D eigenvalue weighted by Crippen LogP contribution is 2.19. The van der Waals surface area contributed by atoms with E-state index in [2.05, 4.69) is 25.7 Å². The van der Waals surface area contributed by atoms with Gasteiger partial charge < -0.3 is 9.84 Å². The molecule has 0 saturated carbocycles. The molecule has 0 atom stereocenters. The average Bonchev–Trinajstić information content (AvgIpc) is 2.96. The van der Waals surface area contributed by atoms with Gasteiger partial charge in [0, 0.05) is 11.8 Å². The number of nitrogens with one attached hydrogen (secondary N) is 2. The van der Waals surface area contributed by atoms with Crippen LogP contribution in [0.2, 0.25) is 0 Å². The predicted molar refractivity (Wildman–Crippen MR) is 67.8 cm³/mol. The van der Waals surface area contributed by atoms with Crippen molar-refractivity contribution in [3.8, 4) is 0 Å². The second-order valence-corrected chi connectivity index (χ2v) is 4.20. The number of H-pyrrole nitrogens is 1. The molecule has 96 valence electrons. The van der Waals surface area contributed by atoms with Crippen LogP contribution in [0.1, 0.15) is 21.9 Å². The van der Waals surface area contributed by atoms with E-state index in [-0.39, 0.29) is 11.6 Å². The van der Waals surface area contributed by atoms with Crippen LogP contribution in [0.25, 0.3) is 11.0 Å². The molecule has 7 heteroatoms. The Morgan fingerprint density at radius 1 is 1.37 bits per heavy atom. The van der Waals surface area contributed by atoms with Crippen LogP contribution in [0, 0.1) is 13.8 Å².